The number of halogens is 1. The Morgan fingerprint density at radius 2 is 1.97 bits per heavy atom. The van der Waals surface area contributed by atoms with Gasteiger partial charge in [-0.3, -0.25) is 0 Å². The Morgan fingerprint density at radius 3 is 2.64 bits per heavy atom. The van der Waals surface area contributed by atoms with E-state index in [1.807, 2.05) is 38.3 Å². The summed E-state index contributed by atoms with van der Waals surface area (Å²) in [5.41, 5.74) is 5.71. The van der Waals surface area contributed by atoms with Crippen LogP contribution in [0.3, 0.4) is 0 Å². The molecule has 7 heteroatoms. The van der Waals surface area contributed by atoms with Gasteiger partial charge in [-0.05, 0) is 76.0 Å². The molecule has 6 nitrogen and oxygen atoms in total. The summed E-state index contributed by atoms with van der Waals surface area (Å²) >= 11 is 0. The predicted molar refractivity (Wildman–Crippen MR) is 130 cm³/mol. The van der Waals surface area contributed by atoms with Gasteiger partial charge in [0.2, 0.25) is 0 Å². The van der Waals surface area contributed by atoms with Crippen LogP contribution in [0.15, 0.2) is 59.0 Å². The fourth-order valence-corrected chi connectivity index (χ4v) is 4.46. The van der Waals surface area contributed by atoms with E-state index in [2.05, 4.69) is 28.6 Å². The van der Waals surface area contributed by atoms with Gasteiger partial charge in [-0.25, -0.2) is 9.40 Å². The second kappa shape index (κ2) is 9.93. The van der Waals surface area contributed by atoms with Crippen LogP contribution in [0.25, 0.3) is 10.9 Å². The summed E-state index contributed by atoms with van der Waals surface area (Å²) in [5.74, 6) is -0.0546. The summed E-state index contributed by atoms with van der Waals surface area (Å²) < 4.78 is 15.3. The van der Waals surface area contributed by atoms with Crippen LogP contribution in [-0.2, 0) is 0 Å². The van der Waals surface area contributed by atoms with Gasteiger partial charge in [-0.15, -0.1) is 0 Å². The van der Waals surface area contributed by atoms with Crippen LogP contribution in [0.4, 0.5) is 4.39 Å². The van der Waals surface area contributed by atoms with E-state index in [-0.39, 0.29) is 18.3 Å². The summed E-state index contributed by atoms with van der Waals surface area (Å²) in [7, 11) is 0. The molecule has 1 saturated heterocycles. The van der Waals surface area contributed by atoms with Crippen molar-refractivity contribution < 1.29 is 9.50 Å². The van der Waals surface area contributed by atoms with Crippen LogP contribution in [0.2, 0.25) is 0 Å². The van der Waals surface area contributed by atoms with Crippen molar-refractivity contribution in [1.29, 1.82) is 0 Å². The first-order valence-corrected chi connectivity index (χ1v) is 11.6. The number of aliphatic hydroxyl groups is 1. The number of piperidine rings is 1. The standard InChI is InChI=1S/C26H32FN5O/c1-5-19-13-25(30-32(18(19)4)16-17(2)3)21-12-23(27)22-15-24(28-29-26(22)14-21)20-6-8-31(9-7-20)10-11-33/h12-16,20,33H,4-11H2,1-3H3. The van der Waals surface area contributed by atoms with Crippen molar-refractivity contribution in [1.82, 2.24) is 20.1 Å². The van der Waals surface area contributed by atoms with Gasteiger partial charge >= 0.3 is 0 Å². The van der Waals surface area contributed by atoms with Crippen molar-refractivity contribution in [3.8, 4) is 0 Å². The van der Waals surface area contributed by atoms with Gasteiger partial charge in [0.1, 0.15) is 5.82 Å². The molecule has 2 aliphatic rings. The Bertz CT molecular complexity index is 1140. The van der Waals surface area contributed by atoms with Crippen LogP contribution >= 0.6 is 0 Å². The van der Waals surface area contributed by atoms with Crippen LogP contribution in [-0.4, -0.2) is 57.2 Å². The molecule has 2 aliphatic heterocycles. The lowest BCUT2D eigenvalue weighted by Gasteiger charge is -2.30. The molecule has 0 bridgehead atoms. The number of hydrogen-bond donors (Lipinski definition) is 1. The molecule has 0 atom stereocenters. The first-order valence-electron chi connectivity index (χ1n) is 11.6. The number of rotatable bonds is 6. The van der Waals surface area contributed by atoms with Gasteiger partial charge in [0.05, 0.1) is 29.2 Å². The number of β-amino-alcohol motifs (C(OH)–C–C–N with tert-alkyl or cyclic N) is 1. The monoisotopic (exact) mass is 449 g/mol. The van der Waals surface area contributed by atoms with E-state index in [1.165, 1.54) is 6.07 Å². The maximum Gasteiger partial charge on any atom is 0.133 e. The maximum absolute atomic E-state index is 15.3. The van der Waals surface area contributed by atoms with Gasteiger partial charge in [0.25, 0.3) is 0 Å². The second-order valence-electron chi connectivity index (χ2n) is 9.01. The average molecular weight is 450 g/mol. The maximum atomic E-state index is 15.3. The van der Waals surface area contributed by atoms with E-state index in [4.69, 9.17) is 10.2 Å². The molecule has 0 aliphatic carbocycles. The molecule has 3 heterocycles. The Labute approximate surface area is 194 Å². The third-order valence-electron chi connectivity index (χ3n) is 6.33. The molecule has 1 fully saturated rings. The van der Waals surface area contributed by atoms with Gasteiger partial charge in [0.15, 0.2) is 0 Å². The number of hydrazone groups is 1. The number of hydrogen-bond acceptors (Lipinski definition) is 6. The molecule has 0 spiro atoms. The highest BCUT2D eigenvalue weighted by Crippen LogP contribution is 2.30. The molecule has 0 amide bonds. The molecular weight excluding hydrogens is 417 g/mol. The first-order chi connectivity index (χ1) is 15.9. The number of nitrogens with zero attached hydrogens (tertiary/aromatic N) is 5. The topological polar surface area (TPSA) is 64.8 Å². The third kappa shape index (κ3) is 5.04. The van der Waals surface area contributed by atoms with E-state index < -0.39 is 0 Å². The number of allylic oxidation sites excluding steroid dienone is 3. The van der Waals surface area contributed by atoms with Crippen LogP contribution in [0, 0.1) is 5.82 Å². The average Bonchev–Trinajstić information content (AvgIpc) is 2.80. The normalized spacial score (nSPS) is 17.8. The minimum atomic E-state index is -0.316. The zero-order valence-corrected chi connectivity index (χ0v) is 19.7. The first kappa shape index (κ1) is 23.3. The zero-order chi connectivity index (χ0) is 23.5. The Kier molecular flexibility index (Phi) is 7.00. The van der Waals surface area contributed by atoms with E-state index in [1.54, 1.807) is 5.01 Å². The van der Waals surface area contributed by atoms with Crippen molar-refractivity contribution in [3.05, 3.63) is 71.0 Å². The van der Waals surface area contributed by atoms with Gasteiger partial charge in [-0.1, -0.05) is 19.1 Å². The molecule has 0 saturated carbocycles. The van der Waals surface area contributed by atoms with Crippen LogP contribution in [0.1, 0.15) is 57.2 Å². The Hall–Kier alpha value is -2.90. The lowest BCUT2D eigenvalue weighted by atomic mass is 9.92. The Balaban J connectivity index is 1.64. The van der Waals surface area contributed by atoms with Crippen LogP contribution < -0.4 is 0 Å². The molecule has 33 heavy (non-hydrogen) atoms. The summed E-state index contributed by atoms with van der Waals surface area (Å²) in [6.07, 6.45) is 6.58. The molecule has 174 valence electrons. The summed E-state index contributed by atoms with van der Waals surface area (Å²) in [6, 6.07) is 5.24. The summed E-state index contributed by atoms with van der Waals surface area (Å²) in [4.78, 5) is 2.24. The number of likely N-dealkylation sites (tertiary alicyclic amines) is 1. The number of benzene rings is 1. The number of aliphatic hydroxyl groups excluding tert-OH is 1. The molecule has 2 aromatic rings. The number of fused-ring (bicyclic) bond motifs is 1. The third-order valence-corrected chi connectivity index (χ3v) is 6.33. The molecule has 1 aromatic carbocycles. The lowest BCUT2D eigenvalue weighted by molar-refractivity contribution is 0.163. The van der Waals surface area contributed by atoms with Crippen molar-refractivity contribution in [2.45, 2.75) is 46.0 Å². The Morgan fingerprint density at radius 1 is 1.21 bits per heavy atom. The minimum Gasteiger partial charge on any atom is -0.395 e. The fraction of sp³-hybridized carbons (Fsp3) is 0.423. The summed E-state index contributed by atoms with van der Waals surface area (Å²) in [5, 5.41) is 24.9. The summed E-state index contributed by atoms with van der Waals surface area (Å²) in [6.45, 7) is 12.9. The molecule has 1 aromatic heterocycles. The molecular formula is C26H32FN5O. The lowest BCUT2D eigenvalue weighted by Crippen LogP contribution is -2.35. The highest BCUT2D eigenvalue weighted by atomic mass is 19.1. The minimum absolute atomic E-state index is 0.175. The van der Waals surface area contributed by atoms with E-state index in [9.17, 15) is 0 Å². The second-order valence-corrected chi connectivity index (χ2v) is 9.01. The number of aromatic nitrogens is 2. The quantitative estimate of drug-likeness (QED) is 0.690. The van der Waals surface area contributed by atoms with E-state index >= 15 is 4.39 Å². The van der Waals surface area contributed by atoms with Crippen molar-refractivity contribution in [2.24, 2.45) is 5.10 Å². The molecule has 0 unspecified atom stereocenters. The van der Waals surface area contributed by atoms with Crippen LogP contribution in [0.5, 0.6) is 0 Å². The van der Waals surface area contributed by atoms with Crippen molar-refractivity contribution in [3.63, 3.8) is 0 Å². The van der Waals surface area contributed by atoms with E-state index in [0.717, 1.165) is 54.9 Å². The van der Waals surface area contributed by atoms with Gasteiger partial charge < -0.3 is 10.0 Å². The molecule has 1 N–H and O–H groups in total. The molecule has 0 radical (unpaired) electrons. The molecule has 4 rings (SSSR count). The largest absolute Gasteiger partial charge is 0.395 e. The van der Waals surface area contributed by atoms with E-state index in [0.29, 0.717) is 28.7 Å². The van der Waals surface area contributed by atoms with Gasteiger partial charge in [-0.2, -0.15) is 15.3 Å². The smallest absolute Gasteiger partial charge is 0.133 e. The SMILES string of the molecule is C=C1C(CC)=CC(c2cc(F)c3cc(C4CCN(CCO)CC4)nnc3c2)=NN1C=C(C)C. The van der Waals surface area contributed by atoms with Crippen molar-refractivity contribution >= 4 is 16.6 Å². The predicted octanol–water partition coefficient (Wildman–Crippen LogP) is 4.73. The highest BCUT2D eigenvalue weighted by molar-refractivity contribution is 6.11. The zero-order valence-electron chi connectivity index (χ0n) is 19.7. The highest BCUT2D eigenvalue weighted by Gasteiger charge is 2.23. The van der Waals surface area contributed by atoms with Crippen molar-refractivity contribution in [2.75, 3.05) is 26.2 Å². The van der Waals surface area contributed by atoms with Gasteiger partial charge in [0, 0.05) is 29.6 Å². The fourth-order valence-electron chi connectivity index (χ4n) is 4.46.